The molecule has 0 aromatic heterocycles. The van der Waals surface area contributed by atoms with Crippen LogP contribution >= 0.6 is 0 Å². The van der Waals surface area contributed by atoms with E-state index in [2.05, 4.69) is 5.32 Å². The summed E-state index contributed by atoms with van der Waals surface area (Å²) < 4.78 is 13.5. The molecule has 17 heavy (non-hydrogen) atoms. The van der Waals surface area contributed by atoms with E-state index in [1.165, 1.54) is 43.9 Å². The van der Waals surface area contributed by atoms with Crippen molar-refractivity contribution in [1.82, 2.24) is 0 Å². The SMILES string of the molecule is NC(=O)c1ccc(F)c(NCC2CCCC2)c1. The molecule has 0 saturated heterocycles. The van der Waals surface area contributed by atoms with Crippen LogP contribution in [-0.4, -0.2) is 12.5 Å². The van der Waals surface area contributed by atoms with Gasteiger partial charge in [0.05, 0.1) is 5.69 Å². The maximum absolute atomic E-state index is 13.5. The molecule has 0 bridgehead atoms. The van der Waals surface area contributed by atoms with Crippen LogP contribution in [-0.2, 0) is 0 Å². The van der Waals surface area contributed by atoms with Crippen LogP contribution < -0.4 is 11.1 Å². The van der Waals surface area contributed by atoms with Crippen LogP contribution in [0.5, 0.6) is 0 Å². The van der Waals surface area contributed by atoms with Gasteiger partial charge in [-0.1, -0.05) is 12.8 Å². The first-order chi connectivity index (χ1) is 8.16. The van der Waals surface area contributed by atoms with Gasteiger partial charge in [0.2, 0.25) is 5.91 Å². The lowest BCUT2D eigenvalue weighted by atomic mass is 10.1. The zero-order valence-electron chi connectivity index (χ0n) is 9.71. The number of amides is 1. The average molecular weight is 236 g/mol. The van der Waals surface area contributed by atoms with E-state index in [4.69, 9.17) is 5.73 Å². The van der Waals surface area contributed by atoms with E-state index in [1.54, 1.807) is 0 Å². The zero-order valence-corrected chi connectivity index (χ0v) is 9.71. The summed E-state index contributed by atoms with van der Waals surface area (Å²) in [5, 5.41) is 3.07. The summed E-state index contributed by atoms with van der Waals surface area (Å²) in [7, 11) is 0. The number of halogens is 1. The van der Waals surface area contributed by atoms with Crippen LogP contribution in [0.25, 0.3) is 0 Å². The molecule has 1 aromatic rings. The van der Waals surface area contributed by atoms with Crippen molar-refractivity contribution in [2.45, 2.75) is 25.7 Å². The Morgan fingerprint density at radius 3 is 2.76 bits per heavy atom. The van der Waals surface area contributed by atoms with Crippen molar-refractivity contribution in [3.63, 3.8) is 0 Å². The number of rotatable bonds is 4. The molecule has 1 aliphatic rings. The lowest BCUT2D eigenvalue weighted by Crippen LogP contribution is -2.14. The van der Waals surface area contributed by atoms with Crippen LogP contribution in [0, 0.1) is 11.7 Å². The number of anilines is 1. The van der Waals surface area contributed by atoms with Gasteiger partial charge in [-0.25, -0.2) is 4.39 Å². The first-order valence-corrected chi connectivity index (χ1v) is 6.00. The lowest BCUT2D eigenvalue weighted by Gasteiger charge is -2.13. The molecule has 0 heterocycles. The summed E-state index contributed by atoms with van der Waals surface area (Å²) in [6.07, 6.45) is 4.92. The van der Waals surface area contributed by atoms with Gasteiger partial charge in [-0.15, -0.1) is 0 Å². The molecule has 1 saturated carbocycles. The standard InChI is InChI=1S/C13H17FN2O/c14-11-6-5-10(13(15)17)7-12(11)16-8-9-3-1-2-4-9/h5-7,9,16H,1-4,8H2,(H2,15,17). The molecule has 3 nitrogen and oxygen atoms in total. The van der Waals surface area contributed by atoms with E-state index in [9.17, 15) is 9.18 Å². The summed E-state index contributed by atoms with van der Waals surface area (Å²) in [6, 6.07) is 4.15. The molecule has 0 spiro atoms. The van der Waals surface area contributed by atoms with Gasteiger partial charge in [-0.3, -0.25) is 4.79 Å². The largest absolute Gasteiger partial charge is 0.382 e. The fourth-order valence-electron chi connectivity index (χ4n) is 2.28. The van der Waals surface area contributed by atoms with Crippen LogP contribution in [0.4, 0.5) is 10.1 Å². The van der Waals surface area contributed by atoms with Gasteiger partial charge in [-0.05, 0) is 37.0 Å². The van der Waals surface area contributed by atoms with Gasteiger partial charge < -0.3 is 11.1 Å². The molecule has 1 fully saturated rings. The molecule has 2 rings (SSSR count). The van der Waals surface area contributed by atoms with Crippen molar-refractivity contribution >= 4 is 11.6 Å². The third-order valence-corrected chi connectivity index (χ3v) is 3.31. The number of hydrogen-bond acceptors (Lipinski definition) is 2. The Labute approximate surface area is 100 Å². The van der Waals surface area contributed by atoms with Crippen LogP contribution in [0.3, 0.4) is 0 Å². The van der Waals surface area contributed by atoms with E-state index in [0.717, 1.165) is 6.54 Å². The molecule has 3 N–H and O–H groups in total. The molecule has 4 heteroatoms. The Kier molecular flexibility index (Phi) is 3.61. The van der Waals surface area contributed by atoms with Crippen LogP contribution in [0.1, 0.15) is 36.0 Å². The van der Waals surface area contributed by atoms with E-state index in [-0.39, 0.29) is 5.82 Å². The fourth-order valence-corrected chi connectivity index (χ4v) is 2.28. The van der Waals surface area contributed by atoms with Crippen molar-refractivity contribution in [3.05, 3.63) is 29.6 Å². The number of carbonyl (C=O) groups excluding carboxylic acids is 1. The number of benzene rings is 1. The van der Waals surface area contributed by atoms with Gasteiger partial charge in [0.15, 0.2) is 0 Å². The molecule has 1 aromatic carbocycles. The number of carbonyl (C=O) groups is 1. The summed E-state index contributed by atoms with van der Waals surface area (Å²) in [4.78, 5) is 11.0. The highest BCUT2D eigenvalue weighted by Crippen LogP contribution is 2.25. The lowest BCUT2D eigenvalue weighted by molar-refractivity contribution is 0.100. The minimum atomic E-state index is -0.533. The fraction of sp³-hybridized carbons (Fsp3) is 0.462. The van der Waals surface area contributed by atoms with Crippen LogP contribution in [0.2, 0.25) is 0 Å². The highest BCUT2D eigenvalue weighted by atomic mass is 19.1. The number of nitrogens with one attached hydrogen (secondary N) is 1. The molecular formula is C13H17FN2O. The Bertz CT molecular complexity index is 414. The van der Waals surface area contributed by atoms with Crippen molar-refractivity contribution in [2.75, 3.05) is 11.9 Å². The third-order valence-electron chi connectivity index (χ3n) is 3.31. The van der Waals surface area contributed by atoms with Gasteiger partial charge in [0, 0.05) is 12.1 Å². The van der Waals surface area contributed by atoms with Crippen molar-refractivity contribution < 1.29 is 9.18 Å². The molecule has 0 aliphatic heterocycles. The number of nitrogens with two attached hydrogens (primary N) is 1. The normalized spacial score (nSPS) is 16.1. The highest BCUT2D eigenvalue weighted by molar-refractivity contribution is 5.93. The average Bonchev–Trinajstić information content (AvgIpc) is 2.80. The smallest absolute Gasteiger partial charge is 0.248 e. The second-order valence-electron chi connectivity index (χ2n) is 4.59. The van der Waals surface area contributed by atoms with Crippen molar-refractivity contribution in [1.29, 1.82) is 0 Å². The molecule has 92 valence electrons. The molecule has 0 radical (unpaired) electrons. The minimum Gasteiger partial charge on any atom is -0.382 e. The predicted molar refractivity (Wildman–Crippen MR) is 65.4 cm³/mol. The maximum Gasteiger partial charge on any atom is 0.248 e. The van der Waals surface area contributed by atoms with E-state index >= 15 is 0 Å². The second kappa shape index (κ2) is 5.17. The summed E-state index contributed by atoms with van der Waals surface area (Å²) >= 11 is 0. The van der Waals surface area contributed by atoms with Gasteiger partial charge >= 0.3 is 0 Å². The molecular weight excluding hydrogens is 219 g/mol. The molecule has 1 aliphatic carbocycles. The van der Waals surface area contributed by atoms with Gasteiger partial charge in [0.25, 0.3) is 0 Å². The van der Waals surface area contributed by atoms with Crippen molar-refractivity contribution in [3.8, 4) is 0 Å². The van der Waals surface area contributed by atoms with E-state index in [1.807, 2.05) is 0 Å². The van der Waals surface area contributed by atoms with Crippen molar-refractivity contribution in [2.24, 2.45) is 11.7 Å². The summed E-state index contributed by atoms with van der Waals surface area (Å²) in [6.45, 7) is 0.763. The van der Waals surface area contributed by atoms with E-state index < -0.39 is 5.91 Å². The zero-order chi connectivity index (χ0) is 12.3. The Balaban J connectivity index is 2.03. The van der Waals surface area contributed by atoms with Crippen LogP contribution in [0.15, 0.2) is 18.2 Å². The summed E-state index contributed by atoms with van der Waals surface area (Å²) in [5.41, 5.74) is 5.86. The first-order valence-electron chi connectivity index (χ1n) is 6.00. The third kappa shape index (κ3) is 2.96. The quantitative estimate of drug-likeness (QED) is 0.844. The topological polar surface area (TPSA) is 55.1 Å². The Hall–Kier alpha value is -1.58. The van der Waals surface area contributed by atoms with Gasteiger partial charge in [0.1, 0.15) is 5.82 Å². The predicted octanol–water partition coefficient (Wildman–Crippen LogP) is 2.53. The second-order valence-corrected chi connectivity index (χ2v) is 4.59. The molecule has 1 amide bonds. The monoisotopic (exact) mass is 236 g/mol. The highest BCUT2D eigenvalue weighted by Gasteiger charge is 2.15. The molecule has 0 atom stereocenters. The Morgan fingerprint density at radius 2 is 2.12 bits per heavy atom. The number of primary amides is 1. The summed E-state index contributed by atoms with van der Waals surface area (Å²) in [5.74, 6) is -0.256. The first kappa shape index (κ1) is 11.9. The number of hydrogen-bond donors (Lipinski definition) is 2. The molecule has 0 unspecified atom stereocenters. The van der Waals surface area contributed by atoms with Gasteiger partial charge in [-0.2, -0.15) is 0 Å². The van der Waals surface area contributed by atoms with E-state index in [0.29, 0.717) is 17.2 Å². The Morgan fingerprint density at radius 1 is 1.41 bits per heavy atom. The minimum absolute atomic E-state index is 0.334. The maximum atomic E-state index is 13.5.